The summed E-state index contributed by atoms with van der Waals surface area (Å²) in [6.45, 7) is 5.42. The molecule has 116 valence electrons. The molecule has 6 nitrogen and oxygen atoms in total. The molecule has 1 fully saturated rings. The summed E-state index contributed by atoms with van der Waals surface area (Å²) in [6.07, 6.45) is 0. The lowest BCUT2D eigenvalue weighted by Gasteiger charge is -2.36. The van der Waals surface area contributed by atoms with E-state index >= 15 is 0 Å². The van der Waals surface area contributed by atoms with E-state index in [1.807, 2.05) is 17.0 Å². The molecule has 1 aliphatic heterocycles. The highest BCUT2D eigenvalue weighted by Gasteiger charge is 2.25. The molecule has 1 unspecified atom stereocenters. The predicted molar refractivity (Wildman–Crippen MR) is 78.6 cm³/mol. The van der Waals surface area contributed by atoms with Gasteiger partial charge in [-0.3, -0.25) is 14.6 Å². The van der Waals surface area contributed by atoms with E-state index in [4.69, 9.17) is 9.84 Å². The quantitative estimate of drug-likeness (QED) is 0.844. The van der Waals surface area contributed by atoms with Crippen LogP contribution in [-0.4, -0.2) is 65.3 Å². The Balaban J connectivity index is 1.90. The first-order chi connectivity index (χ1) is 10.0. The average molecular weight is 294 g/mol. The third-order valence-corrected chi connectivity index (χ3v) is 4.00. The minimum atomic E-state index is -0.781. The molecule has 0 amide bonds. The molecule has 1 aliphatic rings. The maximum absolute atomic E-state index is 11.0. The van der Waals surface area contributed by atoms with E-state index in [0.717, 1.165) is 31.7 Å². The Hall–Kier alpha value is -1.79. The molecule has 1 aromatic rings. The Kier molecular flexibility index (Phi) is 5.03. The molecule has 1 saturated heterocycles. The van der Waals surface area contributed by atoms with Gasteiger partial charge in [0.2, 0.25) is 0 Å². The SMILES string of the molecule is COc1ccc(CN2CCN(C(C)C(=O)O)CC2)c(O)c1. The van der Waals surface area contributed by atoms with Crippen molar-refractivity contribution in [2.24, 2.45) is 0 Å². The van der Waals surface area contributed by atoms with Crippen molar-refractivity contribution < 1.29 is 19.7 Å². The molecular formula is C15H22N2O4. The lowest BCUT2D eigenvalue weighted by molar-refractivity contribution is -0.143. The number of hydrogen-bond donors (Lipinski definition) is 2. The van der Waals surface area contributed by atoms with Gasteiger partial charge in [-0.2, -0.15) is 0 Å². The van der Waals surface area contributed by atoms with Gasteiger partial charge >= 0.3 is 5.97 Å². The number of carboxylic acids is 1. The van der Waals surface area contributed by atoms with Crippen molar-refractivity contribution in [2.75, 3.05) is 33.3 Å². The van der Waals surface area contributed by atoms with Crippen molar-refractivity contribution in [3.63, 3.8) is 0 Å². The number of piperazine rings is 1. The van der Waals surface area contributed by atoms with Crippen LogP contribution >= 0.6 is 0 Å². The minimum absolute atomic E-state index is 0.232. The van der Waals surface area contributed by atoms with Gasteiger partial charge in [-0.1, -0.05) is 6.07 Å². The van der Waals surface area contributed by atoms with Crippen molar-refractivity contribution in [1.82, 2.24) is 9.80 Å². The number of aromatic hydroxyl groups is 1. The molecule has 2 N–H and O–H groups in total. The third-order valence-electron chi connectivity index (χ3n) is 4.00. The second kappa shape index (κ2) is 6.78. The van der Waals surface area contributed by atoms with Gasteiger partial charge in [-0.25, -0.2) is 0 Å². The van der Waals surface area contributed by atoms with Crippen molar-refractivity contribution in [3.8, 4) is 11.5 Å². The molecule has 0 radical (unpaired) electrons. The fraction of sp³-hybridized carbons (Fsp3) is 0.533. The summed E-state index contributed by atoms with van der Waals surface area (Å²) >= 11 is 0. The molecule has 21 heavy (non-hydrogen) atoms. The Morgan fingerprint density at radius 1 is 1.33 bits per heavy atom. The Morgan fingerprint density at radius 2 is 2.00 bits per heavy atom. The largest absolute Gasteiger partial charge is 0.507 e. The van der Waals surface area contributed by atoms with Crippen LogP contribution in [0.1, 0.15) is 12.5 Å². The first-order valence-electron chi connectivity index (χ1n) is 7.06. The lowest BCUT2D eigenvalue weighted by Crippen LogP contribution is -2.51. The number of phenolic OH excluding ortho intramolecular Hbond substituents is 1. The number of aliphatic carboxylic acids is 1. The molecule has 6 heteroatoms. The molecule has 0 saturated carbocycles. The van der Waals surface area contributed by atoms with E-state index in [0.29, 0.717) is 12.3 Å². The predicted octanol–water partition coefficient (Wildman–Crippen LogP) is 0.992. The van der Waals surface area contributed by atoms with Crippen LogP contribution in [0.15, 0.2) is 18.2 Å². The molecule has 0 spiro atoms. The molecule has 0 bridgehead atoms. The normalized spacial score (nSPS) is 18.4. The summed E-state index contributed by atoms with van der Waals surface area (Å²) in [5.41, 5.74) is 0.857. The lowest BCUT2D eigenvalue weighted by atomic mass is 10.1. The maximum atomic E-state index is 11.0. The van der Waals surface area contributed by atoms with Crippen molar-refractivity contribution in [3.05, 3.63) is 23.8 Å². The molecular weight excluding hydrogens is 272 g/mol. The summed E-state index contributed by atoms with van der Waals surface area (Å²) in [5.74, 6) is 0.0864. The van der Waals surface area contributed by atoms with Gasteiger partial charge in [0.15, 0.2) is 0 Å². The average Bonchev–Trinajstić information content (AvgIpc) is 2.49. The summed E-state index contributed by atoms with van der Waals surface area (Å²) in [5, 5.41) is 19.0. The van der Waals surface area contributed by atoms with Crippen LogP contribution in [0.4, 0.5) is 0 Å². The number of phenols is 1. The Labute approximate surface area is 124 Å². The van der Waals surface area contributed by atoms with Crippen molar-refractivity contribution >= 4 is 5.97 Å². The number of ether oxygens (including phenoxy) is 1. The number of carboxylic acid groups (broad SMARTS) is 1. The topological polar surface area (TPSA) is 73.2 Å². The van der Waals surface area contributed by atoms with Crippen LogP contribution in [0.25, 0.3) is 0 Å². The van der Waals surface area contributed by atoms with Gasteiger partial charge in [0.05, 0.1) is 7.11 Å². The summed E-state index contributed by atoms with van der Waals surface area (Å²) in [4.78, 5) is 15.2. The van der Waals surface area contributed by atoms with Crippen molar-refractivity contribution in [2.45, 2.75) is 19.5 Å². The zero-order chi connectivity index (χ0) is 15.4. The standard InChI is InChI=1S/C15H22N2O4/c1-11(15(19)20)17-7-5-16(6-8-17)10-12-3-4-13(21-2)9-14(12)18/h3-4,9,11,18H,5-8,10H2,1-2H3,(H,19,20). The summed E-state index contributed by atoms with van der Waals surface area (Å²) < 4.78 is 5.07. The van der Waals surface area contributed by atoms with Crippen molar-refractivity contribution in [1.29, 1.82) is 0 Å². The van der Waals surface area contributed by atoms with E-state index in [1.54, 1.807) is 20.1 Å². The van der Waals surface area contributed by atoms with Gasteiger partial charge in [0.1, 0.15) is 17.5 Å². The molecule has 1 heterocycles. The number of nitrogens with zero attached hydrogens (tertiary/aromatic N) is 2. The monoisotopic (exact) mass is 294 g/mol. The van der Waals surface area contributed by atoms with Crippen LogP contribution < -0.4 is 4.74 Å². The van der Waals surface area contributed by atoms with Crippen LogP contribution in [0, 0.1) is 0 Å². The first-order valence-corrected chi connectivity index (χ1v) is 7.06. The van der Waals surface area contributed by atoms with Crippen LogP contribution in [-0.2, 0) is 11.3 Å². The van der Waals surface area contributed by atoms with Crippen LogP contribution in [0.2, 0.25) is 0 Å². The number of methoxy groups -OCH3 is 1. The number of benzene rings is 1. The Morgan fingerprint density at radius 3 is 2.52 bits per heavy atom. The van der Waals surface area contributed by atoms with E-state index in [1.165, 1.54) is 0 Å². The molecule has 2 rings (SSSR count). The highest BCUT2D eigenvalue weighted by atomic mass is 16.5. The second-order valence-corrected chi connectivity index (χ2v) is 5.32. The fourth-order valence-corrected chi connectivity index (χ4v) is 2.51. The van der Waals surface area contributed by atoms with Crippen LogP contribution in [0.3, 0.4) is 0 Å². The summed E-state index contributed by atoms with van der Waals surface area (Å²) in [7, 11) is 1.57. The van der Waals surface area contributed by atoms with E-state index < -0.39 is 12.0 Å². The van der Waals surface area contributed by atoms with Gasteiger partial charge in [0, 0.05) is 44.4 Å². The fourth-order valence-electron chi connectivity index (χ4n) is 2.51. The zero-order valence-electron chi connectivity index (χ0n) is 12.5. The van der Waals surface area contributed by atoms with Crippen LogP contribution in [0.5, 0.6) is 11.5 Å². The van der Waals surface area contributed by atoms with Gasteiger partial charge < -0.3 is 14.9 Å². The van der Waals surface area contributed by atoms with Gasteiger partial charge in [0.25, 0.3) is 0 Å². The third kappa shape index (κ3) is 3.86. The van der Waals surface area contributed by atoms with E-state index in [9.17, 15) is 9.90 Å². The number of carbonyl (C=O) groups is 1. The smallest absolute Gasteiger partial charge is 0.320 e. The van der Waals surface area contributed by atoms with Gasteiger partial charge in [-0.05, 0) is 13.0 Å². The maximum Gasteiger partial charge on any atom is 0.320 e. The second-order valence-electron chi connectivity index (χ2n) is 5.32. The minimum Gasteiger partial charge on any atom is -0.507 e. The molecule has 1 atom stereocenters. The first kappa shape index (κ1) is 15.6. The van der Waals surface area contributed by atoms with Gasteiger partial charge in [-0.15, -0.1) is 0 Å². The molecule has 0 aromatic heterocycles. The Bertz CT molecular complexity index is 498. The highest BCUT2D eigenvalue weighted by Crippen LogP contribution is 2.25. The number of rotatable bonds is 5. The zero-order valence-corrected chi connectivity index (χ0v) is 12.5. The molecule has 1 aromatic carbocycles. The highest BCUT2D eigenvalue weighted by molar-refractivity contribution is 5.72. The molecule has 0 aliphatic carbocycles. The summed E-state index contributed by atoms with van der Waals surface area (Å²) in [6, 6.07) is 4.86. The van der Waals surface area contributed by atoms with E-state index in [2.05, 4.69) is 4.90 Å². The number of hydrogen-bond acceptors (Lipinski definition) is 5. The van der Waals surface area contributed by atoms with E-state index in [-0.39, 0.29) is 5.75 Å².